The lowest BCUT2D eigenvalue weighted by Crippen LogP contribution is -1.91. The first-order valence-electron chi connectivity index (χ1n) is 6.47. The molecule has 0 amide bonds. The average molecular weight is 299 g/mol. The van der Waals surface area contributed by atoms with E-state index >= 15 is 0 Å². The summed E-state index contributed by atoms with van der Waals surface area (Å²) in [7, 11) is 0. The Kier molecular flexibility index (Phi) is 3.92. The minimum Gasteiger partial charge on any atom is -0.396 e. The minimum atomic E-state index is -0.365. The van der Waals surface area contributed by atoms with Gasteiger partial charge in [-0.3, -0.25) is 0 Å². The van der Waals surface area contributed by atoms with Crippen molar-refractivity contribution in [2.24, 2.45) is 0 Å². The Balaban J connectivity index is 1.66. The maximum atomic E-state index is 13.4. The zero-order valence-electron chi connectivity index (χ0n) is 11.2. The van der Waals surface area contributed by atoms with Gasteiger partial charge in [0.25, 0.3) is 0 Å². The topological polar surface area (TPSA) is 43.8 Å². The van der Waals surface area contributed by atoms with Crippen LogP contribution < -0.4 is 5.73 Å². The quantitative estimate of drug-likeness (QED) is 0.587. The van der Waals surface area contributed by atoms with Crippen LogP contribution >= 0.6 is 11.8 Å². The van der Waals surface area contributed by atoms with E-state index in [1.165, 1.54) is 11.6 Å². The fourth-order valence-electron chi connectivity index (χ4n) is 1.94. The molecule has 2 aromatic carbocycles. The molecule has 0 radical (unpaired) electrons. The van der Waals surface area contributed by atoms with Crippen LogP contribution in [0.4, 0.5) is 10.1 Å². The molecule has 0 spiro atoms. The number of thioether (sulfide) groups is 1. The largest absolute Gasteiger partial charge is 0.396 e. The molecule has 0 atom stereocenters. The number of nitrogens with two attached hydrogens (primary N) is 1. The highest BCUT2D eigenvalue weighted by molar-refractivity contribution is 7.98. The minimum absolute atomic E-state index is 0.184. The van der Waals surface area contributed by atoms with Gasteiger partial charge in [-0.2, -0.15) is 0 Å². The molecule has 1 aromatic heterocycles. The number of nitrogen functional groups attached to an aromatic ring is 1. The van der Waals surface area contributed by atoms with Gasteiger partial charge < -0.3 is 10.3 Å². The number of hydrogen-bond acceptors (Lipinski definition) is 3. The maximum absolute atomic E-state index is 13.4. The highest BCUT2D eigenvalue weighted by Crippen LogP contribution is 2.25. The summed E-state index contributed by atoms with van der Waals surface area (Å²) in [6.45, 7) is 0. The van der Waals surface area contributed by atoms with Gasteiger partial charge in [0.1, 0.15) is 5.82 Å². The lowest BCUT2D eigenvalue weighted by molar-refractivity contribution is 0.629. The van der Waals surface area contributed by atoms with Crippen LogP contribution in [0.3, 0.4) is 0 Å². The summed E-state index contributed by atoms with van der Waals surface area (Å²) in [6, 6.07) is 13.1. The Hall–Kier alpha value is -2.27. The van der Waals surface area contributed by atoms with Crippen LogP contribution in [-0.2, 0) is 5.75 Å². The van der Waals surface area contributed by atoms with Gasteiger partial charge in [0.15, 0.2) is 0 Å². The molecule has 0 bridgehead atoms. The molecule has 0 unspecified atom stereocenters. The van der Waals surface area contributed by atoms with Crippen molar-refractivity contribution in [2.75, 3.05) is 5.73 Å². The van der Waals surface area contributed by atoms with Crippen LogP contribution in [0, 0.1) is 5.82 Å². The Bertz CT molecular complexity index is 724. The van der Waals surface area contributed by atoms with Gasteiger partial charge >= 0.3 is 0 Å². The van der Waals surface area contributed by atoms with Gasteiger partial charge in [-0.25, -0.2) is 9.37 Å². The summed E-state index contributed by atoms with van der Waals surface area (Å²) < 4.78 is 15.3. The second-order valence-corrected chi connectivity index (χ2v) is 5.66. The first-order chi connectivity index (χ1) is 10.2. The summed E-state index contributed by atoms with van der Waals surface area (Å²) in [5.74, 6) is 0.420. The van der Waals surface area contributed by atoms with Crippen molar-refractivity contribution in [3.63, 3.8) is 0 Å². The third-order valence-corrected chi connectivity index (χ3v) is 4.18. The number of nitrogens with zero attached hydrogens (tertiary/aromatic N) is 2. The highest BCUT2D eigenvalue weighted by atomic mass is 32.2. The molecule has 106 valence electrons. The predicted molar refractivity (Wildman–Crippen MR) is 83.9 cm³/mol. The van der Waals surface area contributed by atoms with E-state index in [4.69, 9.17) is 5.73 Å². The van der Waals surface area contributed by atoms with Gasteiger partial charge in [0.05, 0.1) is 12.0 Å². The van der Waals surface area contributed by atoms with E-state index in [-0.39, 0.29) is 11.5 Å². The number of benzene rings is 2. The van der Waals surface area contributed by atoms with Crippen LogP contribution in [-0.4, -0.2) is 9.55 Å². The summed E-state index contributed by atoms with van der Waals surface area (Å²) in [5, 5.41) is 0. The smallest absolute Gasteiger partial charge is 0.147 e. The van der Waals surface area contributed by atoms with E-state index < -0.39 is 0 Å². The van der Waals surface area contributed by atoms with Gasteiger partial charge in [-0.15, -0.1) is 11.8 Å². The number of aromatic nitrogens is 2. The highest BCUT2D eigenvalue weighted by Gasteiger charge is 2.02. The fourth-order valence-corrected chi connectivity index (χ4v) is 2.82. The van der Waals surface area contributed by atoms with Crippen molar-refractivity contribution in [3.8, 4) is 5.69 Å². The van der Waals surface area contributed by atoms with Gasteiger partial charge in [-0.1, -0.05) is 12.1 Å². The maximum Gasteiger partial charge on any atom is 0.147 e. The Morgan fingerprint density at radius 1 is 1.14 bits per heavy atom. The lowest BCUT2D eigenvalue weighted by atomic mass is 10.2. The average Bonchev–Trinajstić information content (AvgIpc) is 3.03. The molecule has 3 aromatic rings. The molecule has 0 saturated carbocycles. The normalized spacial score (nSPS) is 10.7. The molecule has 21 heavy (non-hydrogen) atoms. The number of anilines is 1. The van der Waals surface area contributed by atoms with Crippen molar-refractivity contribution in [1.29, 1.82) is 0 Å². The van der Waals surface area contributed by atoms with E-state index in [2.05, 4.69) is 17.1 Å². The lowest BCUT2D eigenvalue weighted by Gasteiger charge is -2.06. The molecule has 0 aliphatic rings. The molecule has 0 aliphatic heterocycles. The summed E-state index contributed by atoms with van der Waals surface area (Å²) >= 11 is 1.59. The molecule has 0 saturated heterocycles. The SMILES string of the molecule is Nc1ccc(SCc2ccc(-n3ccnc3)cc2)cc1F. The molecule has 1 heterocycles. The van der Waals surface area contributed by atoms with Gasteiger partial charge in [0, 0.05) is 28.7 Å². The Morgan fingerprint density at radius 2 is 1.95 bits per heavy atom. The monoisotopic (exact) mass is 299 g/mol. The second kappa shape index (κ2) is 6.01. The number of imidazole rings is 1. The van der Waals surface area contributed by atoms with Crippen molar-refractivity contribution in [3.05, 3.63) is 72.6 Å². The Labute approximate surface area is 126 Å². The third kappa shape index (κ3) is 3.25. The van der Waals surface area contributed by atoms with E-state index in [9.17, 15) is 4.39 Å². The molecular formula is C16H14FN3S. The Morgan fingerprint density at radius 3 is 2.62 bits per heavy atom. The van der Waals surface area contributed by atoms with Crippen LogP contribution in [0.5, 0.6) is 0 Å². The van der Waals surface area contributed by atoms with E-state index in [1.807, 2.05) is 29.0 Å². The van der Waals surface area contributed by atoms with E-state index in [0.717, 1.165) is 16.3 Å². The first-order valence-corrected chi connectivity index (χ1v) is 7.46. The molecule has 3 rings (SSSR count). The van der Waals surface area contributed by atoms with E-state index in [1.54, 1.807) is 30.4 Å². The predicted octanol–water partition coefficient (Wildman–Crippen LogP) is 3.89. The number of rotatable bonds is 4. The zero-order valence-corrected chi connectivity index (χ0v) is 12.1. The molecule has 0 aliphatic carbocycles. The van der Waals surface area contributed by atoms with Crippen LogP contribution in [0.25, 0.3) is 5.69 Å². The summed E-state index contributed by atoms with van der Waals surface area (Å²) in [6.07, 6.45) is 5.42. The van der Waals surface area contributed by atoms with Crippen LogP contribution in [0.15, 0.2) is 66.1 Å². The zero-order chi connectivity index (χ0) is 14.7. The van der Waals surface area contributed by atoms with Gasteiger partial charge in [-0.05, 0) is 35.9 Å². The molecule has 5 heteroatoms. The first kappa shape index (κ1) is 13.7. The van der Waals surface area contributed by atoms with Gasteiger partial charge in [0.2, 0.25) is 0 Å². The molecule has 3 nitrogen and oxygen atoms in total. The fraction of sp³-hybridized carbons (Fsp3) is 0.0625. The number of hydrogen-bond donors (Lipinski definition) is 1. The van der Waals surface area contributed by atoms with Crippen molar-refractivity contribution in [1.82, 2.24) is 9.55 Å². The number of halogens is 1. The van der Waals surface area contributed by atoms with E-state index in [0.29, 0.717) is 0 Å². The van der Waals surface area contributed by atoms with Crippen LogP contribution in [0.2, 0.25) is 0 Å². The summed E-state index contributed by atoms with van der Waals surface area (Å²) in [4.78, 5) is 4.90. The van der Waals surface area contributed by atoms with Crippen molar-refractivity contribution in [2.45, 2.75) is 10.6 Å². The van der Waals surface area contributed by atoms with Crippen molar-refractivity contribution >= 4 is 17.4 Å². The second-order valence-electron chi connectivity index (χ2n) is 4.61. The molecule has 0 fully saturated rings. The van der Waals surface area contributed by atoms with Crippen LogP contribution in [0.1, 0.15) is 5.56 Å². The molecular weight excluding hydrogens is 285 g/mol. The standard InChI is InChI=1S/C16H14FN3S/c17-15-9-14(5-6-16(15)18)21-10-12-1-3-13(4-2-12)20-8-7-19-11-20/h1-9,11H,10,18H2. The summed E-state index contributed by atoms with van der Waals surface area (Å²) in [5.41, 5.74) is 7.90. The van der Waals surface area contributed by atoms with Crippen molar-refractivity contribution < 1.29 is 4.39 Å². The molecule has 2 N–H and O–H groups in total. The third-order valence-electron chi connectivity index (χ3n) is 3.12.